The smallest absolute Gasteiger partial charge is 0.267 e. The first-order valence-corrected chi connectivity index (χ1v) is 15.8. The van der Waals surface area contributed by atoms with Gasteiger partial charge in [0, 0.05) is 19.7 Å². The van der Waals surface area contributed by atoms with Gasteiger partial charge in [-0.05, 0) is 78.1 Å². The van der Waals surface area contributed by atoms with Crippen molar-refractivity contribution < 1.29 is 19.2 Å². The Morgan fingerprint density at radius 3 is 1.36 bits per heavy atom. The van der Waals surface area contributed by atoms with E-state index in [0.29, 0.717) is 31.4 Å². The number of amides is 4. The molecule has 6 nitrogen and oxygen atoms in total. The molecule has 44 heavy (non-hydrogen) atoms. The normalized spacial score (nSPS) is 14.4. The van der Waals surface area contributed by atoms with Crippen LogP contribution in [0.25, 0.3) is 22.9 Å². The van der Waals surface area contributed by atoms with Crippen molar-refractivity contribution in [1.29, 1.82) is 0 Å². The van der Waals surface area contributed by atoms with Crippen LogP contribution in [-0.4, -0.2) is 23.6 Å². The number of para-hydroxylation sites is 2. The lowest BCUT2D eigenvalue weighted by molar-refractivity contribution is 0.0872. The van der Waals surface area contributed by atoms with Gasteiger partial charge in [-0.25, -0.2) is 9.80 Å². The second kappa shape index (κ2) is 10.8. The predicted octanol–water partition coefficient (Wildman–Crippen LogP) is 9.50. The van der Waals surface area contributed by atoms with Crippen LogP contribution in [0.1, 0.15) is 103 Å². The molecule has 0 unspecified atom stereocenters. The van der Waals surface area contributed by atoms with E-state index in [1.54, 1.807) is 24.3 Å². The topological polar surface area (TPSA) is 74.8 Å². The van der Waals surface area contributed by atoms with Crippen LogP contribution in [-0.2, 0) is 0 Å². The summed E-state index contributed by atoms with van der Waals surface area (Å²) in [5.74, 6) is -2.17. The summed E-state index contributed by atoms with van der Waals surface area (Å²) >= 11 is 7.15. The quantitative estimate of drug-likeness (QED) is 0.187. The van der Waals surface area contributed by atoms with E-state index in [1.165, 1.54) is 9.80 Å². The van der Waals surface area contributed by atoms with Gasteiger partial charge in [-0.15, -0.1) is 0 Å². The van der Waals surface area contributed by atoms with Gasteiger partial charge >= 0.3 is 0 Å². The van der Waals surface area contributed by atoms with E-state index in [2.05, 4.69) is 45.0 Å². The van der Waals surface area contributed by atoms with Crippen LogP contribution in [0.15, 0.2) is 70.6 Å². The van der Waals surface area contributed by atoms with Crippen LogP contribution < -0.4 is 9.80 Å². The molecular formula is C36H28Br2N2O4. The molecule has 0 N–H and O–H groups in total. The number of halogens is 2. The average molecular weight is 712 g/mol. The lowest BCUT2D eigenvalue weighted by Gasteiger charge is -2.35. The second-order valence-electron chi connectivity index (χ2n) is 11.5. The molecule has 4 aromatic carbocycles. The highest BCUT2D eigenvalue weighted by Crippen LogP contribution is 2.47. The summed E-state index contributed by atoms with van der Waals surface area (Å²) in [7, 11) is 0. The number of nitrogens with zero attached hydrogens (tertiary/aromatic N) is 2. The molecular weight excluding hydrogens is 684 g/mol. The van der Waals surface area contributed by atoms with Crippen LogP contribution >= 0.6 is 31.9 Å². The minimum absolute atomic E-state index is 0.00421. The fraction of sp³-hybridized carbons (Fsp3) is 0.167. The Balaban J connectivity index is 1.65. The van der Waals surface area contributed by atoms with Crippen LogP contribution in [0.4, 0.5) is 11.4 Å². The molecule has 0 saturated carbocycles. The summed E-state index contributed by atoms with van der Waals surface area (Å²) in [6.07, 6.45) is 3.25. The maximum atomic E-state index is 14.4. The summed E-state index contributed by atoms with van der Waals surface area (Å²) in [5, 5.41) is 0.562. The zero-order valence-electron chi connectivity index (χ0n) is 24.6. The summed E-state index contributed by atoms with van der Waals surface area (Å²) in [4.78, 5) is 59.8. The number of anilines is 2. The fourth-order valence-corrected chi connectivity index (χ4v) is 7.51. The molecule has 6 rings (SSSR count). The maximum Gasteiger partial charge on any atom is 0.267 e. The molecule has 0 aliphatic carbocycles. The summed E-state index contributed by atoms with van der Waals surface area (Å²) in [6, 6.07) is 14.3. The van der Waals surface area contributed by atoms with Gasteiger partial charge in [0.25, 0.3) is 23.6 Å². The van der Waals surface area contributed by atoms with Crippen molar-refractivity contribution in [3.05, 3.63) is 115 Å². The van der Waals surface area contributed by atoms with E-state index < -0.39 is 23.6 Å². The Bertz CT molecular complexity index is 1950. The second-order valence-corrected chi connectivity index (χ2v) is 13.2. The Labute approximate surface area is 272 Å². The Hall–Kier alpha value is -4.14. The van der Waals surface area contributed by atoms with Gasteiger partial charge in [0.1, 0.15) is 0 Å². The molecule has 220 valence electrons. The van der Waals surface area contributed by atoms with E-state index in [1.807, 2.05) is 64.1 Å². The van der Waals surface area contributed by atoms with Crippen molar-refractivity contribution in [3.8, 4) is 0 Å². The number of hydrogen-bond donors (Lipinski definition) is 0. The van der Waals surface area contributed by atoms with Gasteiger partial charge in [-0.1, -0.05) is 89.4 Å². The SMILES string of the molecule is C=Cc1cccc(C(C)C)c1N1C(=O)c2cc(Br)c3c4c(c(Br)cc(c24)C1=O)C(=O)N(c1c(C=C)cccc1C(C)C)C3=O. The first kappa shape index (κ1) is 29.9. The number of benzene rings is 4. The summed E-state index contributed by atoms with van der Waals surface area (Å²) < 4.78 is 0.692. The first-order chi connectivity index (χ1) is 20.9. The predicted molar refractivity (Wildman–Crippen MR) is 183 cm³/mol. The largest absolute Gasteiger partial charge is 0.268 e. The molecule has 2 aliphatic rings. The molecule has 0 saturated heterocycles. The molecule has 4 aromatic rings. The lowest BCUT2D eigenvalue weighted by Crippen LogP contribution is -2.45. The monoisotopic (exact) mass is 710 g/mol. The Morgan fingerprint density at radius 1 is 0.614 bits per heavy atom. The molecule has 0 aromatic heterocycles. The number of rotatable bonds is 6. The Morgan fingerprint density at radius 2 is 1.00 bits per heavy atom. The van der Waals surface area contributed by atoms with E-state index in [0.717, 1.165) is 11.1 Å². The van der Waals surface area contributed by atoms with Gasteiger partial charge in [-0.2, -0.15) is 0 Å². The number of carbonyl (C=O) groups excluding carboxylic acids is 4. The molecule has 0 fully saturated rings. The fourth-order valence-electron chi connectivity index (χ4n) is 6.32. The van der Waals surface area contributed by atoms with Gasteiger partial charge in [-0.3, -0.25) is 19.2 Å². The van der Waals surface area contributed by atoms with Crippen LogP contribution in [0.5, 0.6) is 0 Å². The first-order valence-electron chi connectivity index (χ1n) is 14.2. The number of carbonyl (C=O) groups is 4. The third-order valence-corrected chi connectivity index (χ3v) is 9.59. The molecule has 0 bridgehead atoms. The number of imide groups is 2. The van der Waals surface area contributed by atoms with Gasteiger partial charge < -0.3 is 0 Å². The minimum atomic E-state index is -0.553. The van der Waals surface area contributed by atoms with Crippen molar-refractivity contribution in [2.75, 3.05) is 9.80 Å². The summed E-state index contributed by atoms with van der Waals surface area (Å²) in [5.41, 5.74) is 4.70. The third kappa shape index (κ3) is 4.11. The zero-order valence-corrected chi connectivity index (χ0v) is 27.8. The van der Waals surface area contributed by atoms with Crippen molar-refractivity contribution in [2.24, 2.45) is 0 Å². The molecule has 0 atom stereocenters. The molecule has 0 spiro atoms. The van der Waals surface area contributed by atoms with Crippen molar-refractivity contribution in [3.63, 3.8) is 0 Å². The summed E-state index contributed by atoms with van der Waals surface area (Å²) in [6.45, 7) is 15.8. The van der Waals surface area contributed by atoms with E-state index in [-0.39, 0.29) is 44.9 Å². The van der Waals surface area contributed by atoms with Crippen LogP contribution in [0.2, 0.25) is 0 Å². The lowest BCUT2D eigenvalue weighted by atomic mass is 9.84. The average Bonchev–Trinajstić information content (AvgIpc) is 2.99. The van der Waals surface area contributed by atoms with Crippen LogP contribution in [0, 0.1) is 0 Å². The Kier molecular flexibility index (Phi) is 7.33. The maximum absolute atomic E-state index is 14.4. The van der Waals surface area contributed by atoms with Crippen LogP contribution in [0.3, 0.4) is 0 Å². The molecule has 8 heteroatoms. The molecule has 2 aliphatic heterocycles. The highest BCUT2D eigenvalue weighted by atomic mass is 79.9. The molecule has 0 radical (unpaired) electrons. The minimum Gasteiger partial charge on any atom is -0.268 e. The highest BCUT2D eigenvalue weighted by Gasteiger charge is 2.44. The zero-order chi connectivity index (χ0) is 31.8. The number of hydrogen-bond acceptors (Lipinski definition) is 4. The standard InChI is InChI=1S/C36H28Br2N2O4/c1-7-19-11-9-13-21(17(3)4)31(19)39-33(41)23-15-25(37)28-30-27(23)24(34(39)42)16-26(38)29(30)36(44)40(35(28)43)32-20(8-2)12-10-14-22(32)18(5)6/h7-18H,1-2H2,3-6H3. The third-order valence-electron chi connectivity index (χ3n) is 8.34. The van der Waals surface area contributed by atoms with Gasteiger partial charge in [0.2, 0.25) is 0 Å². The van der Waals surface area contributed by atoms with Crippen molar-refractivity contribution in [2.45, 2.75) is 39.5 Å². The molecule has 4 amide bonds. The van der Waals surface area contributed by atoms with E-state index in [4.69, 9.17) is 0 Å². The van der Waals surface area contributed by atoms with E-state index >= 15 is 0 Å². The molecule has 2 heterocycles. The highest BCUT2D eigenvalue weighted by molar-refractivity contribution is 9.11. The van der Waals surface area contributed by atoms with Crippen molar-refractivity contribution >= 4 is 89.8 Å². The van der Waals surface area contributed by atoms with E-state index in [9.17, 15) is 19.2 Å². The van der Waals surface area contributed by atoms with Crippen molar-refractivity contribution in [1.82, 2.24) is 0 Å². The van der Waals surface area contributed by atoms with Gasteiger partial charge in [0.15, 0.2) is 0 Å². The van der Waals surface area contributed by atoms with Gasteiger partial charge in [0.05, 0.1) is 33.6 Å².